The second-order valence-electron chi connectivity index (χ2n) is 12.9. The second-order valence-corrected chi connectivity index (χ2v) is 12.9. The lowest BCUT2D eigenvalue weighted by molar-refractivity contribution is -0.144. The van der Waals surface area contributed by atoms with Crippen LogP contribution in [0.5, 0.6) is 0 Å². The van der Waals surface area contributed by atoms with Crippen LogP contribution in [0.3, 0.4) is 0 Å². The molecule has 0 aliphatic rings. The van der Waals surface area contributed by atoms with Crippen LogP contribution in [0.4, 0.5) is 0 Å². The number of carbonyl (C=O) groups excluding carboxylic acids is 2. The third kappa shape index (κ3) is 33.4. The van der Waals surface area contributed by atoms with Gasteiger partial charge in [-0.1, -0.05) is 162 Å². The Morgan fingerprint density at radius 2 is 0.905 bits per heavy atom. The SMILES string of the molecule is CCCCCCCCCCCCCCCCNC(=O)CCCN(C)CCOC(=O)CCCCCCCCCCCCC. The van der Waals surface area contributed by atoms with Crippen molar-refractivity contribution >= 4 is 11.9 Å². The molecular weight excluding hydrogens is 520 g/mol. The molecule has 0 aliphatic heterocycles. The van der Waals surface area contributed by atoms with Crippen LogP contribution in [0.25, 0.3) is 0 Å². The summed E-state index contributed by atoms with van der Waals surface area (Å²) in [6.45, 7) is 7.37. The summed E-state index contributed by atoms with van der Waals surface area (Å²) in [7, 11) is 2.03. The number of carbonyl (C=O) groups is 2. The van der Waals surface area contributed by atoms with Crippen molar-refractivity contribution in [1.82, 2.24) is 10.2 Å². The number of esters is 1. The molecule has 0 aromatic heterocycles. The van der Waals surface area contributed by atoms with E-state index in [2.05, 4.69) is 24.1 Å². The fraction of sp³-hybridized carbons (Fsp3) is 0.946. The van der Waals surface area contributed by atoms with Crippen LogP contribution < -0.4 is 5.32 Å². The molecule has 0 spiro atoms. The van der Waals surface area contributed by atoms with Gasteiger partial charge in [0, 0.05) is 25.9 Å². The minimum atomic E-state index is -0.0674. The quantitative estimate of drug-likeness (QED) is 0.0595. The zero-order valence-electron chi connectivity index (χ0n) is 28.8. The number of unbranched alkanes of at least 4 members (excludes halogenated alkanes) is 23. The van der Waals surface area contributed by atoms with Crippen molar-refractivity contribution in [3.63, 3.8) is 0 Å². The third-order valence-electron chi connectivity index (χ3n) is 8.52. The van der Waals surface area contributed by atoms with Crippen molar-refractivity contribution in [2.24, 2.45) is 0 Å². The zero-order chi connectivity index (χ0) is 30.8. The van der Waals surface area contributed by atoms with Gasteiger partial charge >= 0.3 is 5.97 Å². The summed E-state index contributed by atoms with van der Waals surface area (Å²) in [5, 5.41) is 3.08. The Balaban J connectivity index is 3.37. The van der Waals surface area contributed by atoms with E-state index in [1.807, 2.05) is 7.05 Å². The number of hydrogen-bond donors (Lipinski definition) is 1. The highest BCUT2D eigenvalue weighted by atomic mass is 16.5. The molecule has 0 atom stereocenters. The highest BCUT2D eigenvalue weighted by molar-refractivity contribution is 5.75. The van der Waals surface area contributed by atoms with E-state index >= 15 is 0 Å². The Morgan fingerprint density at radius 3 is 1.36 bits per heavy atom. The van der Waals surface area contributed by atoms with Crippen molar-refractivity contribution in [1.29, 1.82) is 0 Å². The molecule has 0 unspecified atom stereocenters. The lowest BCUT2D eigenvalue weighted by Crippen LogP contribution is -2.28. The standard InChI is InChI=1S/C37H74N2O3/c1-4-6-8-10-12-14-16-17-18-20-22-24-26-28-32-38-36(40)30-29-33-39(3)34-35-42-37(41)31-27-25-23-21-19-15-13-11-9-7-5-2/h4-35H2,1-3H3,(H,38,40). The lowest BCUT2D eigenvalue weighted by Gasteiger charge is -2.16. The van der Waals surface area contributed by atoms with Gasteiger partial charge in [0.15, 0.2) is 0 Å². The highest BCUT2D eigenvalue weighted by Gasteiger charge is 2.06. The average molecular weight is 595 g/mol. The van der Waals surface area contributed by atoms with E-state index in [0.717, 1.165) is 45.3 Å². The maximum Gasteiger partial charge on any atom is 0.305 e. The lowest BCUT2D eigenvalue weighted by atomic mass is 10.0. The van der Waals surface area contributed by atoms with Gasteiger partial charge in [0.2, 0.25) is 5.91 Å². The molecule has 0 aliphatic carbocycles. The first kappa shape index (κ1) is 40.9. The first-order valence-corrected chi connectivity index (χ1v) is 18.7. The van der Waals surface area contributed by atoms with E-state index in [1.165, 1.54) is 141 Å². The Bertz CT molecular complexity index is 569. The van der Waals surface area contributed by atoms with Gasteiger partial charge in [0.1, 0.15) is 6.61 Å². The molecule has 0 aromatic carbocycles. The summed E-state index contributed by atoms with van der Waals surface area (Å²) < 4.78 is 5.41. The number of rotatable bonds is 34. The number of nitrogens with one attached hydrogen (secondary N) is 1. The molecule has 42 heavy (non-hydrogen) atoms. The van der Waals surface area contributed by atoms with E-state index in [4.69, 9.17) is 4.74 Å². The topological polar surface area (TPSA) is 58.6 Å². The Morgan fingerprint density at radius 1 is 0.500 bits per heavy atom. The van der Waals surface area contributed by atoms with Gasteiger partial charge < -0.3 is 15.0 Å². The van der Waals surface area contributed by atoms with Crippen LogP contribution in [-0.2, 0) is 14.3 Å². The van der Waals surface area contributed by atoms with Crippen molar-refractivity contribution in [3.8, 4) is 0 Å². The zero-order valence-corrected chi connectivity index (χ0v) is 28.8. The molecule has 250 valence electrons. The predicted octanol–water partition coefficient (Wildman–Crippen LogP) is 10.5. The van der Waals surface area contributed by atoms with Crippen LogP contribution in [0.1, 0.15) is 194 Å². The van der Waals surface area contributed by atoms with Gasteiger partial charge in [0.05, 0.1) is 0 Å². The maximum atomic E-state index is 12.1. The molecule has 0 radical (unpaired) electrons. The predicted molar refractivity (Wildman–Crippen MR) is 182 cm³/mol. The molecule has 0 saturated heterocycles. The van der Waals surface area contributed by atoms with E-state index in [0.29, 0.717) is 19.4 Å². The minimum Gasteiger partial charge on any atom is -0.464 e. The maximum absolute atomic E-state index is 12.1. The number of likely N-dealkylation sites (N-methyl/N-ethyl adjacent to an activating group) is 1. The van der Waals surface area contributed by atoms with E-state index < -0.39 is 0 Å². The molecule has 5 heteroatoms. The van der Waals surface area contributed by atoms with Gasteiger partial charge in [-0.25, -0.2) is 0 Å². The fourth-order valence-corrected chi connectivity index (χ4v) is 5.58. The summed E-state index contributed by atoms with van der Waals surface area (Å²) in [5.41, 5.74) is 0. The van der Waals surface area contributed by atoms with Crippen LogP contribution in [0, 0.1) is 0 Å². The van der Waals surface area contributed by atoms with Crippen molar-refractivity contribution in [2.75, 3.05) is 33.3 Å². The Kier molecular flexibility index (Phi) is 33.5. The summed E-state index contributed by atoms with van der Waals surface area (Å²) in [4.78, 5) is 26.2. The molecule has 0 heterocycles. The summed E-state index contributed by atoms with van der Waals surface area (Å²) in [6.07, 6.45) is 35.1. The van der Waals surface area contributed by atoms with Crippen LogP contribution in [0.15, 0.2) is 0 Å². The van der Waals surface area contributed by atoms with E-state index in [1.54, 1.807) is 0 Å². The Labute approximate surface area is 263 Å². The van der Waals surface area contributed by atoms with Gasteiger partial charge in [-0.2, -0.15) is 0 Å². The van der Waals surface area contributed by atoms with Crippen LogP contribution in [0.2, 0.25) is 0 Å². The summed E-state index contributed by atoms with van der Waals surface area (Å²) >= 11 is 0. The molecule has 0 rings (SSSR count). The van der Waals surface area contributed by atoms with Gasteiger partial charge in [-0.3, -0.25) is 9.59 Å². The van der Waals surface area contributed by atoms with Gasteiger partial charge in [-0.05, 0) is 32.9 Å². The first-order valence-electron chi connectivity index (χ1n) is 18.7. The molecule has 0 aromatic rings. The molecule has 5 nitrogen and oxygen atoms in total. The molecule has 0 bridgehead atoms. The number of amides is 1. The fourth-order valence-electron chi connectivity index (χ4n) is 5.58. The van der Waals surface area contributed by atoms with E-state index in [-0.39, 0.29) is 11.9 Å². The van der Waals surface area contributed by atoms with Crippen molar-refractivity contribution in [2.45, 2.75) is 194 Å². The highest BCUT2D eigenvalue weighted by Crippen LogP contribution is 2.14. The van der Waals surface area contributed by atoms with Gasteiger partial charge in [0.25, 0.3) is 0 Å². The average Bonchev–Trinajstić information content (AvgIpc) is 2.98. The molecular formula is C37H74N2O3. The number of hydrogen-bond acceptors (Lipinski definition) is 4. The summed E-state index contributed by atoms with van der Waals surface area (Å²) in [5.74, 6) is 0.0960. The van der Waals surface area contributed by atoms with Crippen LogP contribution >= 0.6 is 0 Å². The number of ether oxygens (including phenoxy) is 1. The smallest absolute Gasteiger partial charge is 0.305 e. The second kappa shape index (κ2) is 34.4. The minimum absolute atomic E-state index is 0.0674. The van der Waals surface area contributed by atoms with Crippen molar-refractivity contribution < 1.29 is 14.3 Å². The first-order chi connectivity index (χ1) is 20.6. The van der Waals surface area contributed by atoms with Crippen molar-refractivity contribution in [3.05, 3.63) is 0 Å². The number of nitrogens with zero attached hydrogens (tertiary/aromatic N) is 1. The largest absolute Gasteiger partial charge is 0.464 e. The molecule has 1 amide bonds. The molecule has 0 fully saturated rings. The summed E-state index contributed by atoms with van der Waals surface area (Å²) in [6, 6.07) is 0. The Hall–Kier alpha value is -1.10. The molecule has 1 N–H and O–H groups in total. The van der Waals surface area contributed by atoms with Crippen LogP contribution in [-0.4, -0.2) is 50.1 Å². The third-order valence-corrected chi connectivity index (χ3v) is 8.52. The van der Waals surface area contributed by atoms with E-state index in [9.17, 15) is 9.59 Å². The normalized spacial score (nSPS) is 11.3. The van der Waals surface area contributed by atoms with Gasteiger partial charge in [-0.15, -0.1) is 0 Å². The monoisotopic (exact) mass is 595 g/mol. The molecule has 0 saturated carbocycles.